The number of carboxylic acids is 1. The molecule has 6 heteroatoms. The summed E-state index contributed by atoms with van der Waals surface area (Å²) in [5.74, 6) is -2.34. The van der Waals surface area contributed by atoms with Crippen LogP contribution < -0.4 is 5.14 Å². The van der Waals surface area contributed by atoms with E-state index in [2.05, 4.69) is 0 Å². The predicted octanol–water partition coefficient (Wildman–Crippen LogP) is -0.140. The number of hydrogen-bond donors (Lipinski definition) is 2. The fraction of sp³-hybridized carbons (Fsp3) is 0.375. The highest BCUT2D eigenvalue weighted by Crippen LogP contribution is 2.30. The lowest BCUT2D eigenvalue weighted by atomic mass is 9.89. The summed E-state index contributed by atoms with van der Waals surface area (Å²) in [6, 6.07) is 0. The maximum atomic E-state index is 11.3. The van der Waals surface area contributed by atoms with Gasteiger partial charge in [0.2, 0.25) is 10.0 Å². The molecule has 3 N–H and O–H groups in total. The van der Waals surface area contributed by atoms with Crippen molar-refractivity contribution in [2.45, 2.75) is 11.7 Å². The summed E-state index contributed by atoms with van der Waals surface area (Å²) in [6.07, 6.45) is 5.57. The zero-order chi connectivity index (χ0) is 11.0. The van der Waals surface area contributed by atoms with Crippen LogP contribution in [0.2, 0.25) is 0 Å². The summed E-state index contributed by atoms with van der Waals surface area (Å²) in [6.45, 7) is 1.29. The summed E-state index contributed by atoms with van der Waals surface area (Å²) in [5.41, 5.74) is 0. The van der Waals surface area contributed by atoms with Crippen LogP contribution in [0.1, 0.15) is 6.92 Å². The first-order chi connectivity index (χ1) is 6.29. The summed E-state index contributed by atoms with van der Waals surface area (Å²) in [4.78, 5) is 10.8. The van der Waals surface area contributed by atoms with Crippen molar-refractivity contribution in [1.29, 1.82) is 0 Å². The molecule has 0 amide bonds. The number of rotatable bonds is 2. The molecule has 5 nitrogen and oxygen atoms in total. The second kappa shape index (κ2) is 3.21. The largest absolute Gasteiger partial charge is 0.481 e. The lowest BCUT2D eigenvalue weighted by molar-refractivity contribution is -0.140. The fourth-order valence-electron chi connectivity index (χ4n) is 1.32. The number of primary sulfonamides is 1. The molecule has 0 aromatic rings. The lowest BCUT2D eigenvalue weighted by Crippen LogP contribution is -2.48. The van der Waals surface area contributed by atoms with Gasteiger partial charge in [-0.05, 0) is 6.92 Å². The van der Waals surface area contributed by atoms with Crippen LogP contribution in [-0.4, -0.2) is 24.2 Å². The zero-order valence-corrected chi connectivity index (χ0v) is 8.36. The van der Waals surface area contributed by atoms with Crippen molar-refractivity contribution in [2.24, 2.45) is 11.1 Å². The monoisotopic (exact) mass is 217 g/mol. The van der Waals surface area contributed by atoms with Gasteiger partial charge in [0, 0.05) is 0 Å². The molecule has 0 radical (unpaired) electrons. The first-order valence-corrected chi connectivity index (χ1v) is 5.45. The van der Waals surface area contributed by atoms with Gasteiger partial charge >= 0.3 is 5.97 Å². The number of carboxylic acid groups (broad SMARTS) is 1. The van der Waals surface area contributed by atoms with Crippen molar-refractivity contribution < 1.29 is 18.3 Å². The van der Waals surface area contributed by atoms with E-state index in [-0.39, 0.29) is 0 Å². The molecule has 0 aliphatic heterocycles. The Morgan fingerprint density at radius 1 is 1.50 bits per heavy atom. The summed E-state index contributed by atoms with van der Waals surface area (Å²) in [5, 5.41) is 13.8. The fourth-order valence-corrected chi connectivity index (χ4v) is 2.12. The number of allylic oxidation sites excluding steroid dienone is 2. The van der Waals surface area contributed by atoms with Crippen LogP contribution in [0.5, 0.6) is 0 Å². The Hall–Kier alpha value is -1.14. The third-order valence-electron chi connectivity index (χ3n) is 2.34. The Morgan fingerprint density at radius 3 is 2.43 bits per heavy atom. The van der Waals surface area contributed by atoms with E-state index in [0.29, 0.717) is 0 Å². The third-order valence-corrected chi connectivity index (χ3v) is 3.95. The van der Waals surface area contributed by atoms with Gasteiger partial charge in [-0.3, -0.25) is 4.79 Å². The highest BCUT2D eigenvalue weighted by molar-refractivity contribution is 7.90. The Balaban J connectivity index is 3.27. The van der Waals surface area contributed by atoms with E-state index in [9.17, 15) is 13.2 Å². The molecule has 0 saturated carbocycles. The van der Waals surface area contributed by atoms with E-state index in [1.54, 1.807) is 0 Å². The van der Waals surface area contributed by atoms with Gasteiger partial charge in [-0.25, -0.2) is 13.6 Å². The minimum atomic E-state index is -3.94. The van der Waals surface area contributed by atoms with Gasteiger partial charge in [0.15, 0.2) is 0 Å². The van der Waals surface area contributed by atoms with Crippen LogP contribution in [0.15, 0.2) is 24.3 Å². The normalized spacial score (nSPS) is 31.7. The van der Waals surface area contributed by atoms with E-state index in [4.69, 9.17) is 10.2 Å². The quantitative estimate of drug-likeness (QED) is 0.672. The zero-order valence-electron chi connectivity index (χ0n) is 7.54. The number of hydrogen-bond acceptors (Lipinski definition) is 3. The van der Waals surface area contributed by atoms with Gasteiger partial charge in [0.25, 0.3) is 0 Å². The van der Waals surface area contributed by atoms with E-state index < -0.39 is 26.7 Å². The van der Waals surface area contributed by atoms with Gasteiger partial charge in [-0.15, -0.1) is 0 Å². The highest BCUT2D eigenvalue weighted by Gasteiger charge is 2.45. The maximum absolute atomic E-state index is 11.3. The van der Waals surface area contributed by atoms with Gasteiger partial charge in [0.05, 0.1) is 5.92 Å². The van der Waals surface area contributed by atoms with E-state index >= 15 is 0 Å². The predicted molar refractivity (Wildman–Crippen MR) is 50.9 cm³/mol. The molecule has 0 spiro atoms. The second-order valence-corrected chi connectivity index (χ2v) is 5.26. The number of sulfonamides is 1. The third kappa shape index (κ3) is 1.58. The molecule has 0 heterocycles. The molecule has 0 aromatic heterocycles. The Morgan fingerprint density at radius 2 is 2.07 bits per heavy atom. The lowest BCUT2D eigenvalue weighted by Gasteiger charge is -2.29. The van der Waals surface area contributed by atoms with Crippen LogP contribution in [0.25, 0.3) is 0 Å². The maximum Gasteiger partial charge on any atom is 0.312 e. The molecule has 14 heavy (non-hydrogen) atoms. The summed E-state index contributed by atoms with van der Waals surface area (Å²) < 4.78 is 20.9. The van der Waals surface area contributed by atoms with Gasteiger partial charge < -0.3 is 5.11 Å². The first kappa shape index (κ1) is 10.9. The van der Waals surface area contributed by atoms with Gasteiger partial charge in [-0.2, -0.15) is 0 Å². The summed E-state index contributed by atoms with van der Waals surface area (Å²) in [7, 11) is -3.94. The Bertz CT molecular complexity index is 409. The topological polar surface area (TPSA) is 97.5 Å². The molecule has 1 aliphatic carbocycles. The van der Waals surface area contributed by atoms with Crippen molar-refractivity contribution in [3.05, 3.63) is 24.3 Å². The molecule has 0 aromatic carbocycles. The standard InChI is InChI=1S/C8H11NO4S/c1-8(14(9,12)13)5-3-2-4-6(8)7(10)11/h2-6H,1H3,(H,10,11)(H2,9,12,13). The number of carbonyl (C=O) groups is 1. The molecule has 2 atom stereocenters. The van der Waals surface area contributed by atoms with E-state index in [1.807, 2.05) is 0 Å². The van der Waals surface area contributed by atoms with Crippen LogP contribution in [0.3, 0.4) is 0 Å². The van der Waals surface area contributed by atoms with Crippen molar-refractivity contribution in [3.8, 4) is 0 Å². The molecule has 0 fully saturated rings. The van der Waals surface area contributed by atoms with Gasteiger partial charge in [0.1, 0.15) is 4.75 Å². The minimum absolute atomic E-state index is 1.14. The molecular weight excluding hydrogens is 206 g/mol. The van der Waals surface area contributed by atoms with Crippen molar-refractivity contribution in [1.82, 2.24) is 0 Å². The van der Waals surface area contributed by atoms with Crippen molar-refractivity contribution in [2.75, 3.05) is 0 Å². The minimum Gasteiger partial charge on any atom is -0.481 e. The molecule has 1 aliphatic rings. The smallest absolute Gasteiger partial charge is 0.312 e. The number of aliphatic carboxylic acids is 1. The molecule has 2 unspecified atom stereocenters. The van der Waals surface area contributed by atoms with Crippen LogP contribution in [0.4, 0.5) is 0 Å². The SMILES string of the molecule is CC1(S(N)(=O)=O)C=CC=CC1C(=O)O. The highest BCUT2D eigenvalue weighted by atomic mass is 32.2. The average Bonchev–Trinajstić information content (AvgIpc) is 2.02. The Kier molecular flexibility index (Phi) is 2.51. The van der Waals surface area contributed by atoms with Crippen molar-refractivity contribution in [3.63, 3.8) is 0 Å². The second-order valence-electron chi connectivity index (χ2n) is 3.29. The first-order valence-electron chi connectivity index (χ1n) is 3.90. The molecule has 0 saturated heterocycles. The Labute approximate surface area is 82.0 Å². The summed E-state index contributed by atoms with van der Waals surface area (Å²) >= 11 is 0. The van der Waals surface area contributed by atoms with Crippen molar-refractivity contribution >= 4 is 16.0 Å². The molecule has 78 valence electrons. The van der Waals surface area contributed by atoms with E-state index in [0.717, 1.165) is 0 Å². The van der Waals surface area contributed by atoms with Crippen LogP contribution in [-0.2, 0) is 14.8 Å². The van der Waals surface area contributed by atoms with Crippen LogP contribution >= 0.6 is 0 Å². The average molecular weight is 217 g/mol. The van der Waals surface area contributed by atoms with Crippen LogP contribution in [0, 0.1) is 5.92 Å². The van der Waals surface area contributed by atoms with E-state index in [1.165, 1.54) is 31.2 Å². The van der Waals surface area contributed by atoms with Gasteiger partial charge in [-0.1, -0.05) is 24.3 Å². The number of nitrogens with two attached hydrogens (primary N) is 1. The molecule has 0 bridgehead atoms. The molecule has 1 rings (SSSR count). The molecular formula is C8H11NO4S.